The Labute approximate surface area is 221 Å². The fraction of sp³-hybridized carbons (Fsp3) is 0.310. The molecule has 3 aromatic carbocycles. The molecule has 37 heavy (non-hydrogen) atoms. The number of nitrogens with two attached hydrogens (primary N) is 1. The van der Waals surface area contributed by atoms with Crippen LogP contribution in [0.15, 0.2) is 91.0 Å². The zero-order valence-corrected chi connectivity index (χ0v) is 22.8. The van der Waals surface area contributed by atoms with Crippen molar-refractivity contribution in [2.24, 2.45) is 5.73 Å². The SMILES string of the molecule is CN(CC(=O)N(C)CCOCCOCC[PH](c1ccccc1)(c1ccccc1)c1ccccc1)C(=N)N. The molecule has 3 rings (SSSR count). The molecule has 0 heterocycles. The summed E-state index contributed by atoms with van der Waals surface area (Å²) in [7, 11) is 1.05. The van der Waals surface area contributed by atoms with Gasteiger partial charge in [0.15, 0.2) is 5.96 Å². The summed E-state index contributed by atoms with van der Waals surface area (Å²) in [5.74, 6) is -0.240. The van der Waals surface area contributed by atoms with Gasteiger partial charge < -0.3 is 5.73 Å². The first-order chi connectivity index (χ1) is 17.9. The first-order valence-corrected chi connectivity index (χ1v) is 14.8. The Hall–Kier alpha value is -3.25. The van der Waals surface area contributed by atoms with Crippen LogP contribution in [-0.4, -0.2) is 81.4 Å². The zero-order chi connectivity index (χ0) is 26.5. The molecule has 0 saturated carbocycles. The monoisotopic (exact) mass is 522 g/mol. The summed E-state index contributed by atoms with van der Waals surface area (Å²) in [6.45, 7) is 2.55. The second-order valence-electron chi connectivity index (χ2n) is 9.03. The molecule has 0 saturated heterocycles. The molecule has 0 atom stereocenters. The molecule has 3 N–H and O–H groups in total. The van der Waals surface area contributed by atoms with E-state index >= 15 is 0 Å². The van der Waals surface area contributed by atoms with Gasteiger partial charge in [0.25, 0.3) is 0 Å². The normalized spacial score (nSPS) is 11.6. The smallest absolute Gasteiger partial charge is 0.188 e. The van der Waals surface area contributed by atoms with E-state index in [0.29, 0.717) is 33.0 Å². The standard InChI is InChI=1S/C29H39N4O3P/c1-32(28(34)24-33(2)29(30)31)18-19-35-20-21-36-22-23-37(25-12-6-3-7-13-25,26-14-8-4-9-15-26)27-16-10-5-11-17-27/h3-17,37H,18-24H2,1-2H3,(H3,30,31). The molecule has 0 radical (unpaired) electrons. The van der Waals surface area contributed by atoms with Gasteiger partial charge in [-0.3, -0.25) is 5.41 Å². The van der Waals surface area contributed by atoms with E-state index < -0.39 is 7.26 Å². The maximum atomic E-state index is 12.2. The van der Waals surface area contributed by atoms with Gasteiger partial charge in [-0.2, -0.15) is 0 Å². The van der Waals surface area contributed by atoms with Gasteiger partial charge in [-0.15, -0.1) is 0 Å². The van der Waals surface area contributed by atoms with Gasteiger partial charge in [-0.1, -0.05) is 0 Å². The van der Waals surface area contributed by atoms with Crippen LogP contribution >= 0.6 is 7.26 Å². The van der Waals surface area contributed by atoms with Crippen molar-refractivity contribution in [1.82, 2.24) is 9.80 Å². The average molecular weight is 523 g/mol. The largest absolute Gasteiger partial charge is 0.370 e. The molecule has 198 valence electrons. The fourth-order valence-corrected chi connectivity index (χ4v) is 8.98. The van der Waals surface area contributed by atoms with Crippen LogP contribution in [-0.2, 0) is 14.3 Å². The number of hydrogen-bond acceptors (Lipinski definition) is 4. The van der Waals surface area contributed by atoms with Crippen LogP contribution in [0.25, 0.3) is 0 Å². The topological polar surface area (TPSA) is 91.9 Å². The number of carbonyl (C=O) groups is 1. The molecule has 0 spiro atoms. The molecule has 0 aliphatic heterocycles. The number of amides is 1. The minimum absolute atomic E-state index is 0.0742. The van der Waals surface area contributed by atoms with Gasteiger partial charge in [0, 0.05) is 7.05 Å². The van der Waals surface area contributed by atoms with Crippen molar-refractivity contribution in [2.45, 2.75) is 0 Å². The van der Waals surface area contributed by atoms with Crippen LogP contribution < -0.4 is 21.6 Å². The van der Waals surface area contributed by atoms with Crippen molar-refractivity contribution >= 4 is 35.0 Å². The molecule has 7 nitrogen and oxygen atoms in total. The summed E-state index contributed by atoms with van der Waals surface area (Å²) in [5.41, 5.74) is 5.39. The van der Waals surface area contributed by atoms with Crippen molar-refractivity contribution in [2.75, 3.05) is 59.8 Å². The van der Waals surface area contributed by atoms with E-state index in [1.807, 2.05) is 0 Å². The van der Waals surface area contributed by atoms with Crippen molar-refractivity contribution in [1.29, 1.82) is 5.41 Å². The maximum Gasteiger partial charge on any atom is 0.188 e. The van der Waals surface area contributed by atoms with E-state index in [1.165, 1.54) is 20.8 Å². The number of benzene rings is 3. The molecule has 0 fully saturated rings. The molecule has 0 unspecified atom stereocenters. The first-order valence-electron chi connectivity index (χ1n) is 12.6. The molecule has 1 amide bonds. The Morgan fingerprint density at radius 1 is 0.730 bits per heavy atom. The van der Waals surface area contributed by atoms with E-state index in [0.717, 1.165) is 6.16 Å². The summed E-state index contributed by atoms with van der Waals surface area (Å²) in [4.78, 5) is 15.1. The van der Waals surface area contributed by atoms with E-state index in [2.05, 4.69) is 91.0 Å². The first kappa shape index (κ1) is 28.3. The van der Waals surface area contributed by atoms with Gasteiger partial charge in [-0.05, 0) is 0 Å². The molecule has 0 aliphatic carbocycles. The molecule has 0 aromatic heterocycles. The second kappa shape index (κ2) is 14.5. The van der Waals surface area contributed by atoms with Crippen LogP contribution in [0.3, 0.4) is 0 Å². The average Bonchev–Trinajstić information content (AvgIpc) is 2.93. The third-order valence-electron chi connectivity index (χ3n) is 6.57. The van der Waals surface area contributed by atoms with Crippen molar-refractivity contribution in [3.8, 4) is 0 Å². The molecular formula is C29H39N4O3P. The minimum atomic E-state index is -2.29. The summed E-state index contributed by atoms with van der Waals surface area (Å²) >= 11 is 0. The van der Waals surface area contributed by atoms with Gasteiger partial charge in [0.05, 0.1) is 0 Å². The van der Waals surface area contributed by atoms with Crippen LogP contribution in [0.2, 0.25) is 0 Å². The number of carbonyl (C=O) groups excluding carboxylic acids is 1. The summed E-state index contributed by atoms with van der Waals surface area (Å²) in [6, 6.07) is 32.4. The molecule has 3 aromatic rings. The summed E-state index contributed by atoms with van der Waals surface area (Å²) in [6.07, 6.45) is 0.923. The zero-order valence-electron chi connectivity index (χ0n) is 21.8. The molecule has 0 bridgehead atoms. The molecule has 0 aliphatic rings. The van der Waals surface area contributed by atoms with E-state index in [4.69, 9.17) is 20.6 Å². The number of nitrogens with one attached hydrogen (secondary N) is 1. The van der Waals surface area contributed by atoms with E-state index in [-0.39, 0.29) is 18.4 Å². The Balaban J connectivity index is 1.55. The number of guanidine groups is 1. The molecular weight excluding hydrogens is 483 g/mol. The molecule has 8 heteroatoms. The van der Waals surface area contributed by atoms with E-state index in [1.54, 1.807) is 19.0 Å². The Morgan fingerprint density at radius 3 is 1.59 bits per heavy atom. The predicted octanol–water partition coefficient (Wildman–Crippen LogP) is 2.03. The summed E-state index contributed by atoms with van der Waals surface area (Å²) in [5, 5.41) is 11.5. The quantitative estimate of drug-likeness (QED) is 0.146. The van der Waals surface area contributed by atoms with Crippen LogP contribution in [0, 0.1) is 5.41 Å². The number of nitrogens with zero attached hydrogens (tertiary/aromatic N) is 2. The van der Waals surface area contributed by atoms with Crippen molar-refractivity contribution < 1.29 is 14.3 Å². The third kappa shape index (κ3) is 7.86. The third-order valence-corrected chi connectivity index (χ3v) is 11.5. The van der Waals surface area contributed by atoms with Gasteiger partial charge >= 0.3 is 197 Å². The predicted molar refractivity (Wildman–Crippen MR) is 155 cm³/mol. The van der Waals surface area contributed by atoms with Crippen molar-refractivity contribution in [3.63, 3.8) is 0 Å². The summed E-state index contributed by atoms with van der Waals surface area (Å²) < 4.78 is 11.8. The van der Waals surface area contributed by atoms with Crippen LogP contribution in [0.5, 0.6) is 0 Å². The van der Waals surface area contributed by atoms with Gasteiger partial charge in [0.2, 0.25) is 0 Å². The Bertz CT molecular complexity index is 1000. The van der Waals surface area contributed by atoms with Crippen LogP contribution in [0.4, 0.5) is 0 Å². The van der Waals surface area contributed by atoms with E-state index in [9.17, 15) is 4.79 Å². The fourth-order valence-electron chi connectivity index (χ4n) is 4.38. The Kier molecular flexibility index (Phi) is 11.1. The van der Waals surface area contributed by atoms with Crippen LogP contribution in [0.1, 0.15) is 0 Å². The van der Waals surface area contributed by atoms with Gasteiger partial charge in [0.1, 0.15) is 0 Å². The second-order valence-corrected chi connectivity index (χ2v) is 13.1. The van der Waals surface area contributed by atoms with Crippen molar-refractivity contribution in [3.05, 3.63) is 91.0 Å². The number of ether oxygens (including phenoxy) is 2. The van der Waals surface area contributed by atoms with Gasteiger partial charge in [-0.25, -0.2) is 0 Å². The minimum Gasteiger partial charge on any atom is -0.370 e. The maximum absolute atomic E-state index is 12.2. The number of hydrogen-bond donors (Lipinski definition) is 2. The number of likely N-dealkylation sites (N-methyl/N-ethyl adjacent to an activating group) is 2. The number of rotatable bonds is 14. The Morgan fingerprint density at radius 2 is 1.16 bits per heavy atom.